The van der Waals surface area contributed by atoms with Crippen LogP contribution < -0.4 is 0 Å². The van der Waals surface area contributed by atoms with Gasteiger partial charge in [0.25, 0.3) is 0 Å². The lowest BCUT2D eigenvalue weighted by molar-refractivity contribution is -0.117. The number of hydrogen-bond donors (Lipinski definition) is 0. The summed E-state index contributed by atoms with van der Waals surface area (Å²) in [5.41, 5.74) is 2.07. The van der Waals surface area contributed by atoms with Gasteiger partial charge in [0.05, 0.1) is 0 Å². The minimum atomic E-state index is 0.131. The number of Topliss-reactive ketones (excluding diaryl/α,β-unsaturated/α-hetero) is 1. The van der Waals surface area contributed by atoms with E-state index in [0.717, 1.165) is 17.6 Å². The van der Waals surface area contributed by atoms with E-state index in [9.17, 15) is 9.59 Å². The molecule has 84 valence electrons. The zero-order valence-electron chi connectivity index (χ0n) is 10.1. The van der Waals surface area contributed by atoms with Crippen LogP contribution in [-0.2, 0) is 9.59 Å². The molecule has 0 saturated carbocycles. The second-order valence-corrected chi connectivity index (χ2v) is 4.16. The van der Waals surface area contributed by atoms with Gasteiger partial charge >= 0.3 is 0 Å². The van der Waals surface area contributed by atoms with Gasteiger partial charge in [0.15, 0.2) is 5.78 Å². The number of ketones is 2. The van der Waals surface area contributed by atoms with Crippen LogP contribution in [-0.4, -0.2) is 11.6 Å². The van der Waals surface area contributed by atoms with Crippen molar-refractivity contribution in [2.45, 2.75) is 47.0 Å². The molecule has 0 radical (unpaired) electrons. The number of allylic oxidation sites excluding steroid dienone is 4. The van der Waals surface area contributed by atoms with Crippen LogP contribution in [0.4, 0.5) is 0 Å². The zero-order chi connectivity index (χ0) is 11.8. The van der Waals surface area contributed by atoms with E-state index in [4.69, 9.17) is 0 Å². The van der Waals surface area contributed by atoms with Gasteiger partial charge < -0.3 is 4.79 Å². The van der Waals surface area contributed by atoms with Gasteiger partial charge in [-0.15, -0.1) is 0 Å². The third-order valence-corrected chi connectivity index (χ3v) is 1.89. The number of carbonyl (C=O) groups excluding carboxylic acids is 2. The van der Waals surface area contributed by atoms with E-state index in [2.05, 4.69) is 0 Å². The molecule has 0 aromatic carbocycles. The van der Waals surface area contributed by atoms with Crippen LogP contribution >= 0.6 is 0 Å². The van der Waals surface area contributed by atoms with E-state index in [-0.39, 0.29) is 11.6 Å². The summed E-state index contributed by atoms with van der Waals surface area (Å²) in [6, 6.07) is 0. The summed E-state index contributed by atoms with van der Waals surface area (Å²) in [6.45, 7) is 7.33. The third-order valence-electron chi connectivity index (χ3n) is 1.89. The minimum Gasteiger partial charge on any atom is -0.300 e. The Morgan fingerprint density at radius 2 is 1.67 bits per heavy atom. The molecule has 0 saturated heterocycles. The largest absolute Gasteiger partial charge is 0.300 e. The van der Waals surface area contributed by atoms with Crippen molar-refractivity contribution in [2.24, 2.45) is 0 Å². The van der Waals surface area contributed by atoms with Gasteiger partial charge in [-0.25, -0.2) is 0 Å². The van der Waals surface area contributed by atoms with Crippen LogP contribution in [0.5, 0.6) is 0 Å². The van der Waals surface area contributed by atoms with Crippen molar-refractivity contribution in [3.63, 3.8) is 0 Å². The molecule has 0 aliphatic rings. The number of rotatable bonds is 6. The molecule has 0 rings (SSSR count). The highest BCUT2D eigenvalue weighted by atomic mass is 16.1. The Kier molecular flexibility index (Phi) is 6.59. The van der Waals surface area contributed by atoms with Gasteiger partial charge in [0.1, 0.15) is 5.78 Å². The summed E-state index contributed by atoms with van der Waals surface area (Å²) in [5, 5.41) is 0. The van der Waals surface area contributed by atoms with Crippen LogP contribution in [0.2, 0.25) is 0 Å². The van der Waals surface area contributed by atoms with Gasteiger partial charge in [-0.2, -0.15) is 0 Å². The lowest BCUT2D eigenvalue weighted by atomic mass is 10.1. The summed E-state index contributed by atoms with van der Waals surface area (Å²) >= 11 is 0. The monoisotopic (exact) mass is 208 g/mol. The quantitative estimate of drug-likeness (QED) is 0.496. The van der Waals surface area contributed by atoms with Crippen LogP contribution in [0.15, 0.2) is 23.3 Å². The maximum atomic E-state index is 11.4. The highest BCUT2D eigenvalue weighted by Crippen LogP contribution is 2.06. The predicted molar refractivity (Wildman–Crippen MR) is 62.7 cm³/mol. The average Bonchev–Trinajstić information content (AvgIpc) is 2.00. The first-order chi connectivity index (χ1) is 6.91. The molecule has 0 aromatic heterocycles. The lowest BCUT2D eigenvalue weighted by Gasteiger charge is -1.98. The molecule has 0 spiro atoms. The second kappa shape index (κ2) is 7.16. The summed E-state index contributed by atoms with van der Waals surface area (Å²) < 4.78 is 0. The fourth-order valence-corrected chi connectivity index (χ4v) is 1.24. The second-order valence-electron chi connectivity index (χ2n) is 4.16. The Bertz CT molecular complexity index is 292. The fourth-order valence-electron chi connectivity index (χ4n) is 1.24. The summed E-state index contributed by atoms with van der Waals surface area (Å²) in [5.74, 6) is 0.321. The third kappa shape index (κ3) is 9.13. The van der Waals surface area contributed by atoms with Crippen molar-refractivity contribution in [2.75, 3.05) is 0 Å². The van der Waals surface area contributed by atoms with E-state index in [1.165, 1.54) is 0 Å². The van der Waals surface area contributed by atoms with Crippen LogP contribution in [0, 0.1) is 0 Å². The van der Waals surface area contributed by atoms with Gasteiger partial charge in [-0.3, -0.25) is 4.79 Å². The van der Waals surface area contributed by atoms with Gasteiger partial charge in [-0.05, 0) is 40.2 Å². The molecule has 0 atom stereocenters. The van der Waals surface area contributed by atoms with E-state index in [0.29, 0.717) is 12.8 Å². The van der Waals surface area contributed by atoms with Crippen molar-refractivity contribution in [1.29, 1.82) is 0 Å². The molecule has 2 heteroatoms. The van der Waals surface area contributed by atoms with Crippen molar-refractivity contribution in [3.8, 4) is 0 Å². The standard InChI is InChI=1S/C13H20O2/c1-10(2)8-13(15)9-11(3)6-5-7-12(4)14/h6,8H,5,7,9H2,1-4H3. The molecule has 0 fully saturated rings. The number of carbonyl (C=O) groups is 2. The fraction of sp³-hybridized carbons (Fsp3) is 0.538. The molecule has 0 bridgehead atoms. The van der Waals surface area contributed by atoms with Gasteiger partial charge in [0.2, 0.25) is 0 Å². The number of hydrogen-bond acceptors (Lipinski definition) is 2. The molecule has 0 N–H and O–H groups in total. The van der Waals surface area contributed by atoms with E-state index in [1.54, 1.807) is 13.0 Å². The normalized spacial score (nSPS) is 11.1. The van der Waals surface area contributed by atoms with Crippen molar-refractivity contribution in [3.05, 3.63) is 23.3 Å². The van der Waals surface area contributed by atoms with Crippen LogP contribution in [0.3, 0.4) is 0 Å². The lowest BCUT2D eigenvalue weighted by Crippen LogP contribution is -1.95. The zero-order valence-corrected chi connectivity index (χ0v) is 10.1. The summed E-state index contributed by atoms with van der Waals surface area (Å²) in [6.07, 6.45) is 5.39. The van der Waals surface area contributed by atoms with Gasteiger partial charge in [0, 0.05) is 12.8 Å². The molecule has 0 heterocycles. The van der Waals surface area contributed by atoms with E-state index >= 15 is 0 Å². The Hall–Kier alpha value is -1.18. The van der Waals surface area contributed by atoms with E-state index in [1.807, 2.05) is 26.8 Å². The average molecular weight is 208 g/mol. The molecule has 0 amide bonds. The Morgan fingerprint density at radius 3 is 2.13 bits per heavy atom. The molecular formula is C13H20O2. The summed E-state index contributed by atoms with van der Waals surface area (Å²) in [7, 11) is 0. The van der Waals surface area contributed by atoms with Crippen molar-refractivity contribution < 1.29 is 9.59 Å². The van der Waals surface area contributed by atoms with Crippen LogP contribution in [0.1, 0.15) is 47.0 Å². The highest BCUT2D eigenvalue weighted by molar-refractivity contribution is 5.91. The highest BCUT2D eigenvalue weighted by Gasteiger charge is 1.99. The predicted octanol–water partition coefficient (Wildman–Crippen LogP) is 3.23. The molecule has 2 nitrogen and oxygen atoms in total. The Labute approximate surface area is 92.1 Å². The molecule has 15 heavy (non-hydrogen) atoms. The topological polar surface area (TPSA) is 34.1 Å². The maximum Gasteiger partial charge on any atom is 0.159 e. The first-order valence-electron chi connectivity index (χ1n) is 5.24. The first kappa shape index (κ1) is 13.8. The molecule has 0 aromatic rings. The van der Waals surface area contributed by atoms with Crippen molar-refractivity contribution in [1.82, 2.24) is 0 Å². The molecule has 0 unspecified atom stereocenters. The van der Waals surface area contributed by atoms with E-state index < -0.39 is 0 Å². The molecular weight excluding hydrogens is 188 g/mol. The first-order valence-corrected chi connectivity index (χ1v) is 5.24. The Morgan fingerprint density at radius 1 is 1.07 bits per heavy atom. The van der Waals surface area contributed by atoms with Gasteiger partial charge in [-0.1, -0.05) is 17.2 Å². The smallest absolute Gasteiger partial charge is 0.159 e. The SMILES string of the molecule is CC(=O)CCC=C(C)CC(=O)C=C(C)C. The maximum absolute atomic E-state index is 11.4. The molecule has 0 aliphatic heterocycles. The van der Waals surface area contributed by atoms with Crippen molar-refractivity contribution >= 4 is 11.6 Å². The molecule has 0 aliphatic carbocycles. The summed E-state index contributed by atoms with van der Waals surface area (Å²) in [4.78, 5) is 22.1. The Balaban J connectivity index is 4.01. The van der Waals surface area contributed by atoms with Crippen LogP contribution in [0.25, 0.3) is 0 Å². The minimum absolute atomic E-state index is 0.131.